The van der Waals surface area contributed by atoms with Crippen molar-refractivity contribution in [3.8, 4) is 17.6 Å². The minimum Gasteiger partial charge on any atom is -0.497 e. The van der Waals surface area contributed by atoms with Crippen molar-refractivity contribution in [3.63, 3.8) is 0 Å². The zero-order valence-electron chi connectivity index (χ0n) is 15.7. The van der Waals surface area contributed by atoms with Gasteiger partial charge in [-0.2, -0.15) is 5.26 Å². The quantitative estimate of drug-likeness (QED) is 0.716. The van der Waals surface area contributed by atoms with Gasteiger partial charge in [-0.1, -0.05) is 18.2 Å². The lowest BCUT2D eigenvalue weighted by Crippen LogP contribution is -2.26. The van der Waals surface area contributed by atoms with Gasteiger partial charge in [-0.05, 0) is 18.2 Å². The predicted octanol–water partition coefficient (Wildman–Crippen LogP) is 2.67. The highest BCUT2D eigenvalue weighted by molar-refractivity contribution is 6.00. The van der Waals surface area contributed by atoms with Gasteiger partial charge in [0.2, 0.25) is 5.91 Å². The third-order valence-corrected chi connectivity index (χ3v) is 4.64. The number of ether oxygens (including phenoxy) is 3. The predicted molar refractivity (Wildman–Crippen MR) is 101 cm³/mol. The van der Waals surface area contributed by atoms with E-state index in [0.29, 0.717) is 28.3 Å². The van der Waals surface area contributed by atoms with Crippen LogP contribution in [0.5, 0.6) is 11.5 Å². The average molecular weight is 380 g/mol. The number of anilines is 1. The van der Waals surface area contributed by atoms with Crippen LogP contribution in [0.1, 0.15) is 17.5 Å². The second-order valence-corrected chi connectivity index (χ2v) is 6.32. The van der Waals surface area contributed by atoms with Crippen molar-refractivity contribution in [2.45, 2.75) is 13.0 Å². The molecule has 144 valence electrons. The zero-order valence-corrected chi connectivity index (χ0v) is 15.7. The fourth-order valence-corrected chi connectivity index (χ4v) is 3.13. The van der Waals surface area contributed by atoms with Crippen LogP contribution in [0.2, 0.25) is 0 Å². The second kappa shape index (κ2) is 8.44. The Labute approximate surface area is 163 Å². The number of nitriles is 1. The molecule has 0 unspecified atom stereocenters. The number of rotatable bonds is 6. The summed E-state index contributed by atoms with van der Waals surface area (Å²) in [4.78, 5) is 26.5. The van der Waals surface area contributed by atoms with Crippen molar-refractivity contribution in [1.82, 2.24) is 0 Å². The Balaban J connectivity index is 1.69. The second-order valence-electron chi connectivity index (χ2n) is 6.32. The maximum atomic E-state index is 12.5. The summed E-state index contributed by atoms with van der Waals surface area (Å²) in [6, 6.07) is 14.1. The first-order valence-electron chi connectivity index (χ1n) is 8.74. The van der Waals surface area contributed by atoms with Gasteiger partial charge in [-0.25, -0.2) is 0 Å². The molecule has 0 N–H and O–H groups in total. The summed E-state index contributed by atoms with van der Waals surface area (Å²) in [5.74, 6) is -0.114. The van der Waals surface area contributed by atoms with E-state index in [1.54, 1.807) is 49.6 Å². The molecule has 3 rings (SSSR count). The highest BCUT2D eigenvalue weighted by atomic mass is 16.5. The average Bonchev–Trinajstić information content (AvgIpc) is 3.13. The van der Waals surface area contributed by atoms with E-state index in [0.717, 1.165) is 0 Å². The molecule has 1 aliphatic heterocycles. The Morgan fingerprint density at radius 1 is 1.21 bits per heavy atom. The summed E-state index contributed by atoms with van der Waals surface area (Å²) in [5.41, 5.74) is 1.68. The highest BCUT2D eigenvalue weighted by Gasteiger charge is 2.37. The fourth-order valence-electron chi connectivity index (χ4n) is 3.13. The van der Waals surface area contributed by atoms with E-state index >= 15 is 0 Å². The Morgan fingerprint density at radius 2 is 2.00 bits per heavy atom. The van der Waals surface area contributed by atoms with Gasteiger partial charge in [0.1, 0.15) is 18.1 Å². The number of methoxy groups -OCH3 is 2. The van der Waals surface area contributed by atoms with Gasteiger partial charge in [-0.3, -0.25) is 9.59 Å². The molecular weight excluding hydrogens is 360 g/mol. The molecule has 28 heavy (non-hydrogen) atoms. The third-order valence-electron chi connectivity index (χ3n) is 4.64. The number of esters is 1. The molecule has 0 aliphatic carbocycles. The SMILES string of the molecule is COc1ccc(N2C[C@@H](C(=O)OCc3ccccc3C#N)CC2=O)c(OC)c1. The molecule has 1 saturated heterocycles. The molecule has 2 aromatic carbocycles. The standard InChI is InChI=1S/C21H20N2O5/c1-26-17-7-8-18(19(10-17)27-2)23-12-16(9-20(23)24)21(25)28-13-15-6-4-3-5-14(15)11-22/h3-8,10,16H,9,12-13H2,1-2H3/t16-/m0/s1. The highest BCUT2D eigenvalue weighted by Crippen LogP contribution is 2.36. The molecule has 0 spiro atoms. The van der Waals surface area contributed by atoms with Crippen LogP contribution in [-0.4, -0.2) is 32.6 Å². The fraction of sp³-hybridized carbons (Fsp3) is 0.286. The first-order chi connectivity index (χ1) is 13.6. The van der Waals surface area contributed by atoms with E-state index in [1.165, 1.54) is 12.0 Å². The lowest BCUT2D eigenvalue weighted by Gasteiger charge is -2.20. The first kappa shape index (κ1) is 19.2. The summed E-state index contributed by atoms with van der Waals surface area (Å²) in [6.45, 7) is 0.208. The van der Waals surface area contributed by atoms with Crippen molar-refractivity contribution < 1.29 is 23.8 Å². The molecule has 1 atom stereocenters. The summed E-state index contributed by atoms with van der Waals surface area (Å²) in [6.07, 6.45) is 0.0634. The normalized spacial score (nSPS) is 15.8. The molecule has 0 bridgehead atoms. The molecule has 0 saturated carbocycles. The van der Waals surface area contributed by atoms with Gasteiger partial charge in [0.05, 0.1) is 37.5 Å². The first-order valence-corrected chi connectivity index (χ1v) is 8.74. The van der Waals surface area contributed by atoms with Gasteiger partial charge in [0, 0.05) is 24.6 Å². The lowest BCUT2D eigenvalue weighted by molar-refractivity contribution is -0.149. The molecule has 1 fully saturated rings. The van der Waals surface area contributed by atoms with Crippen molar-refractivity contribution in [2.75, 3.05) is 25.7 Å². The molecular formula is C21H20N2O5. The van der Waals surface area contributed by atoms with Crippen LogP contribution in [0.15, 0.2) is 42.5 Å². The molecule has 1 aliphatic rings. The summed E-state index contributed by atoms with van der Waals surface area (Å²) in [7, 11) is 3.06. The molecule has 7 nitrogen and oxygen atoms in total. The molecule has 0 aromatic heterocycles. The van der Waals surface area contributed by atoms with Gasteiger partial charge in [0.25, 0.3) is 0 Å². The molecule has 2 aromatic rings. The molecule has 7 heteroatoms. The van der Waals surface area contributed by atoms with E-state index in [4.69, 9.17) is 19.5 Å². The van der Waals surface area contributed by atoms with E-state index in [2.05, 4.69) is 6.07 Å². The Hall–Kier alpha value is -3.53. The van der Waals surface area contributed by atoms with Crippen LogP contribution in [0.4, 0.5) is 5.69 Å². The van der Waals surface area contributed by atoms with Crippen LogP contribution in [0.3, 0.4) is 0 Å². The molecule has 1 amide bonds. The monoisotopic (exact) mass is 380 g/mol. The topological polar surface area (TPSA) is 88.9 Å². The van der Waals surface area contributed by atoms with Gasteiger partial charge in [0.15, 0.2) is 0 Å². The number of carbonyl (C=O) groups is 2. The summed E-state index contributed by atoms with van der Waals surface area (Å²) >= 11 is 0. The maximum Gasteiger partial charge on any atom is 0.311 e. The summed E-state index contributed by atoms with van der Waals surface area (Å²) < 4.78 is 15.9. The van der Waals surface area contributed by atoms with Crippen molar-refractivity contribution in [1.29, 1.82) is 5.26 Å². The van der Waals surface area contributed by atoms with Crippen LogP contribution >= 0.6 is 0 Å². The molecule has 0 radical (unpaired) electrons. The van der Waals surface area contributed by atoms with E-state index in [-0.39, 0.29) is 25.5 Å². The number of benzene rings is 2. The largest absolute Gasteiger partial charge is 0.497 e. The van der Waals surface area contributed by atoms with Crippen molar-refractivity contribution in [3.05, 3.63) is 53.6 Å². The van der Waals surface area contributed by atoms with Crippen LogP contribution in [0, 0.1) is 17.2 Å². The maximum absolute atomic E-state index is 12.5. The number of nitrogens with zero attached hydrogens (tertiary/aromatic N) is 2. The number of hydrogen-bond acceptors (Lipinski definition) is 6. The van der Waals surface area contributed by atoms with E-state index in [1.807, 2.05) is 0 Å². The van der Waals surface area contributed by atoms with Gasteiger partial charge in [-0.15, -0.1) is 0 Å². The number of carbonyl (C=O) groups excluding carboxylic acids is 2. The number of hydrogen-bond donors (Lipinski definition) is 0. The van der Waals surface area contributed by atoms with Crippen LogP contribution in [0.25, 0.3) is 0 Å². The van der Waals surface area contributed by atoms with E-state index in [9.17, 15) is 9.59 Å². The Morgan fingerprint density at radius 3 is 2.71 bits per heavy atom. The van der Waals surface area contributed by atoms with Crippen LogP contribution in [-0.2, 0) is 20.9 Å². The van der Waals surface area contributed by atoms with Gasteiger partial charge < -0.3 is 19.1 Å². The minimum atomic E-state index is -0.575. The Bertz CT molecular complexity index is 935. The molecule has 1 heterocycles. The smallest absolute Gasteiger partial charge is 0.311 e. The van der Waals surface area contributed by atoms with Crippen LogP contribution < -0.4 is 14.4 Å². The van der Waals surface area contributed by atoms with Crippen molar-refractivity contribution >= 4 is 17.6 Å². The Kier molecular flexibility index (Phi) is 5.80. The van der Waals surface area contributed by atoms with Gasteiger partial charge >= 0.3 is 5.97 Å². The van der Waals surface area contributed by atoms with Crippen molar-refractivity contribution in [2.24, 2.45) is 5.92 Å². The number of amides is 1. The van der Waals surface area contributed by atoms with E-state index < -0.39 is 11.9 Å². The zero-order chi connectivity index (χ0) is 20.1. The minimum absolute atomic E-state index is 0.000879. The lowest BCUT2D eigenvalue weighted by atomic mass is 10.1. The third kappa shape index (κ3) is 3.91. The summed E-state index contributed by atoms with van der Waals surface area (Å²) in [5, 5.41) is 9.11.